The number of halogens is 2. The number of likely N-dealkylation sites (tertiary alicyclic amines) is 1. The van der Waals surface area contributed by atoms with Gasteiger partial charge >= 0.3 is 6.61 Å². The Morgan fingerprint density at radius 3 is 2.81 bits per heavy atom. The molecule has 2 aromatic rings. The number of fused-ring (bicyclic) bond motifs is 1. The Morgan fingerprint density at radius 2 is 2.15 bits per heavy atom. The summed E-state index contributed by atoms with van der Waals surface area (Å²) in [5.41, 5.74) is 0.828. The Kier molecular flexibility index (Phi) is 4.36. The SMILES string of the molecule is C[C@@H]1CC2(CC2)CN1C(=O)[C@@H](C)Nc1ncnc2cc(OC(F)F)ccc12. The highest BCUT2D eigenvalue weighted by Gasteiger charge is 2.52. The molecule has 0 radical (unpaired) electrons. The molecule has 1 aromatic carbocycles. The number of carbonyl (C=O) groups is 1. The molecule has 1 aliphatic heterocycles. The highest BCUT2D eigenvalue weighted by atomic mass is 19.3. The first-order valence-corrected chi connectivity index (χ1v) is 9.13. The van der Waals surface area contributed by atoms with E-state index < -0.39 is 12.7 Å². The van der Waals surface area contributed by atoms with E-state index in [0.717, 1.165) is 13.0 Å². The highest BCUT2D eigenvalue weighted by Crippen LogP contribution is 2.54. The Labute approximate surface area is 155 Å². The molecule has 1 aliphatic carbocycles. The molecular weight excluding hydrogens is 354 g/mol. The van der Waals surface area contributed by atoms with Crippen LogP contribution >= 0.6 is 0 Å². The summed E-state index contributed by atoms with van der Waals surface area (Å²) in [6, 6.07) is 4.29. The zero-order valence-corrected chi connectivity index (χ0v) is 15.3. The van der Waals surface area contributed by atoms with Crippen LogP contribution in [-0.4, -0.2) is 46.0 Å². The van der Waals surface area contributed by atoms with Crippen molar-refractivity contribution in [3.63, 3.8) is 0 Å². The van der Waals surface area contributed by atoms with Crippen molar-refractivity contribution in [3.8, 4) is 5.75 Å². The van der Waals surface area contributed by atoms with Crippen LogP contribution in [0.15, 0.2) is 24.5 Å². The first kappa shape index (κ1) is 17.9. The number of rotatable bonds is 5. The number of hydrogen-bond acceptors (Lipinski definition) is 5. The van der Waals surface area contributed by atoms with Crippen LogP contribution in [0.4, 0.5) is 14.6 Å². The lowest BCUT2D eigenvalue weighted by Gasteiger charge is -2.26. The smallest absolute Gasteiger partial charge is 0.387 e. The molecule has 0 unspecified atom stereocenters. The average molecular weight is 376 g/mol. The van der Waals surface area contributed by atoms with E-state index in [1.165, 1.54) is 31.3 Å². The van der Waals surface area contributed by atoms with Crippen molar-refractivity contribution < 1.29 is 18.3 Å². The number of hydrogen-bond donors (Lipinski definition) is 1. The minimum absolute atomic E-state index is 0.0342. The van der Waals surface area contributed by atoms with E-state index >= 15 is 0 Å². The van der Waals surface area contributed by atoms with Gasteiger partial charge in [-0.05, 0) is 50.7 Å². The van der Waals surface area contributed by atoms with Crippen molar-refractivity contribution in [2.75, 3.05) is 11.9 Å². The molecule has 8 heteroatoms. The third kappa shape index (κ3) is 3.52. The highest BCUT2D eigenvalue weighted by molar-refractivity contribution is 5.92. The molecule has 2 aliphatic rings. The van der Waals surface area contributed by atoms with Crippen molar-refractivity contribution in [2.24, 2.45) is 5.41 Å². The zero-order chi connectivity index (χ0) is 19.2. The fourth-order valence-electron chi connectivity index (χ4n) is 4.00. The van der Waals surface area contributed by atoms with Gasteiger partial charge in [-0.15, -0.1) is 0 Å². The van der Waals surface area contributed by atoms with Gasteiger partial charge in [0, 0.05) is 24.0 Å². The quantitative estimate of drug-likeness (QED) is 0.866. The van der Waals surface area contributed by atoms with Gasteiger partial charge in [0.15, 0.2) is 0 Å². The molecule has 1 amide bonds. The number of carbonyl (C=O) groups excluding carboxylic acids is 1. The number of aromatic nitrogens is 2. The average Bonchev–Trinajstić information content (AvgIpc) is 3.28. The molecule has 1 saturated carbocycles. The van der Waals surface area contributed by atoms with E-state index in [0.29, 0.717) is 22.1 Å². The van der Waals surface area contributed by atoms with Crippen LogP contribution in [0.2, 0.25) is 0 Å². The van der Waals surface area contributed by atoms with Crippen molar-refractivity contribution in [3.05, 3.63) is 24.5 Å². The summed E-state index contributed by atoms with van der Waals surface area (Å²) < 4.78 is 29.2. The van der Waals surface area contributed by atoms with Crippen molar-refractivity contribution in [1.82, 2.24) is 14.9 Å². The van der Waals surface area contributed by atoms with Crippen LogP contribution in [0.3, 0.4) is 0 Å². The lowest BCUT2D eigenvalue weighted by Crippen LogP contribution is -2.43. The summed E-state index contributed by atoms with van der Waals surface area (Å²) in [4.78, 5) is 23.2. The predicted molar refractivity (Wildman–Crippen MR) is 96.7 cm³/mol. The molecule has 1 aromatic heterocycles. The van der Waals surface area contributed by atoms with E-state index in [9.17, 15) is 13.6 Å². The molecule has 1 saturated heterocycles. The number of amides is 1. The third-order valence-corrected chi connectivity index (χ3v) is 5.56. The molecule has 2 fully saturated rings. The van der Waals surface area contributed by atoms with Gasteiger partial charge in [0.25, 0.3) is 0 Å². The molecule has 144 valence electrons. The van der Waals surface area contributed by atoms with Crippen molar-refractivity contribution in [2.45, 2.75) is 51.8 Å². The van der Waals surface area contributed by atoms with Crippen LogP contribution in [-0.2, 0) is 4.79 Å². The zero-order valence-electron chi connectivity index (χ0n) is 15.3. The number of ether oxygens (including phenoxy) is 1. The lowest BCUT2D eigenvalue weighted by molar-refractivity contribution is -0.132. The van der Waals surface area contributed by atoms with E-state index in [4.69, 9.17) is 0 Å². The van der Waals surface area contributed by atoms with Crippen molar-refractivity contribution in [1.29, 1.82) is 0 Å². The Balaban J connectivity index is 1.51. The predicted octanol–water partition coefficient (Wildman–Crippen LogP) is 3.43. The van der Waals surface area contributed by atoms with E-state index in [1.807, 2.05) is 11.8 Å². The monoisotopic (exact) mass is 376 g/mol. The second-order valence-electron chi connectivity index (χ2n) is 7.67. The standard InChI is InChI=1S/C19H22F2N4O2/c1-11-8-19(5-6-19)9-25(11)17(26)12(2)24-16-14-4-3-13(27-18(20)21)7-15(14)22-10-23-16/h3-4,7,10-12,18H,5-6,8-9H2,1-2H3,(H,22,23,24)/t11-,12-/m1/s1. The van der Waals surface area contributed by atoms with Gasteiger partial charge in [0.2, 0.25) is 5.91 Å². The van der Waals surface area contributed by atoms with Crippen LogP contribution in [0.1, 0.15) is 33.1 Å². The van der Waals surface area contributed by atoms with Gasteiger partial charge in [0.1, 0.15) is 23.9 Å². The fourth-order valence-corrected chi connectivity index (χ4v) is 4.00. The maximum Gasteiger partial charge on any atom is 0.387 e. The van der Waals surface area contributed by atoms with E-state index in [2.05, 4.69) is 26.9 Å². The molecule has 2 heterocycles. The summed E-state index contributed by atoms with van der Waals surface area (Å²) in [7, 11) is 0. The minimum Gasteiger partial charge on any atom is -0.435 e. The molecular formula is C19H22F2N4O2. The first-order valence-electron chi connectivity index (χ1n) is 9.13. The number of nitrogens with one attached hydrogen (secondary N) is 1. The Hall–Kier alpha value is -2.51. The van der Waals surface area contributed by atoms with Gasteiger partial charge in [-0.1, -0.05) is 0 Å². The topological polar surface area (TPSA) is 67.4 Å². The second-order valence-corrected chi connectivity index (χ2v) is 7.67. The molecule has 27 heavy (non-hydrogen) atoms. The Bertz CT molecular complexity index is 872. The van der Waals surface area contributed by atoms with Crippen LogP contribution in [0.25, 0.3) is 10.9 Å². The molecule has 2 atom stereocenters. The summed E-state index contributed by atoms with van der Waals surface area (Å²) in [5.74, 6) is 0.583. The van der Waals surface area contributed by atoms with E-state index in [-0.39, 0.29) is 17.7 Å². The summed E-state index contributed by atoms with van der Waals surface area (Å²) in [6.45, 7) is 1.85. The number of nitrogens with zero attached hydrogens (tertiary/aromatic N) is 3. The fraction of sp³-hybridized carbons (Fsp3) is 0.526. The third-order valence-electron chi connectivity index (χ3n) is 5.56. The molecule has 0 bridgehead atoms. The number of anilines is 1. The molecule has 4 rings (SSSR count). The molecule has 1 N–H and O–H groups in total. The Morgan fingerprint density at radius 1 is 1.37 bits per heavy atom. The van der Waals surface area contributed by atoms with Gasteiger partial charge < -0.3 is 15.0 Å². The van der Waals surface area contributed by atoms with Gasteiger partial charge in [-0.25, -0.2) is 9.97 Å². The summed E-state index contributed by atoms with van der Waals surface area (Å²) in [5, 5.41) is 3.80. The van der Waals surface area contributed by atoms with Gasteiger partial charge in [-0.2, -0.15) is 8.78 Å². The van der Waals surface area contributed by atoms with Crippen LogP contribution in [0.5, 0.6) is 5.75 Å². The maximum atomic E-state index is 12.9. The molecule has 6 nitrogen and oxygen atoms in total. The van der Waals surface area contributed by atoms with Crippen LogP contribution in [0, 0.1) is 5.41 Å². The maximum absolute atomic E-state index is 12.9. The minimum atomic E-state index is -2.89. The second kappa shape index (κ2) is 6.58. The lowest BCUT2D eigenvalue weighted by atomic mass is 10.0. The van der Waals surface area contributed by atoms with Gasteiger partial charge in [0.05, 0.1) is 5.52 Å². The first-order chi connectivity index (χ1) is 12.9. The normalized spacial score (nSPS) is 21.7. The largest absolute Gasteiger partial charge is 0.435 e. The number of alkyl halides is 2. The van der Waals surface area contributed by atoms with Crippen molar-refractivity contribution >= 4 is 22.6 Å². The number of benzene rings is 1. The molecule has 1 spiro atoms. The van der Waals surface area contributed by atoms with Gasteiger partial charge in [-0.3, -0.25) is 4.79 Å². The summed E-state index contributed by atoms with van der Waals surface area (Å²) in [6.07, 6.45) is 4.84. The van der Waals surface area contributed by atoms with E-state index in [1.54, 1.807) is 6.07 Å². The van der Waals surface area contributed by atoms with Crippen LogP contribution < -0.4 is 10.1 Å². The summed E-state index contributed by atoms with van der Waals surface area (Å²) >= 11 is 0.